The number of ether oxygens (including phenoxy) is 3. The van der Waals surface area contributed by atoms with Gasteiger partial charge in [-0.05, 0) is 24.3 Å². The molecule has 0 aliphatic rings. The lowest BCUT2D eigenvalue weighted by Crippen LogP contribution is -2.10. The van der Waals surface area contributed by atoms with Gasteiger partial charge in [-0.2, -0.15) is 0 Å². The molecule has 0 aliphatic carbocycles. The van der Waals surface area contributed by atoms with E-state index in [0.717, 1.165) is 0 Å². The van der Waals surface area contributed by atoms with Gasteiger partial charge in [0.05, 0.1) is 25.5 Å². The first-order valence-electron chi connectivity index (χ1n) is 7.35. The summed E-state index contributed by atoms with van der Waals surface area (Å²) < 4.78 is 15.5. The van der Waals surface area contributed by atoms with Crippen LogP contribution >= 0.6 is 0 Å². The van der Waals surface area contributed by atoms with Crippen molar-refractivity contribution in [3.05, 3.63) is 42.5 Å². The molecule has 0 bridgehead atoms. The van der Waals surface area contributed by atoms with E-state index in [2.05, 4.69) is 0 Å². The van der Waals surface area contributed by atoms with Crippen molar-refractivity contribution in [2.75, 3.05) is 45.0 Å². The normalized spacial score (nSPS) is 9.88. The van der Waals surface area contributed by atoms with Crippen molar-refractivity contribution in [3.8, 4) is 17.2 Å². The Bertz CT molecular complexity index is 590. The van der Waals surface area contributed by atoms with Gasteiger partial charge in [0.25, 0.3) is 0 Å². The maximum absolute atomic E-state index is 8.65. The van der Waals surface area contributed by atoms with E-state index in [1.165, 1.54) is 18.2 Å². The van der Waals surface area contributed by atoms with Crippen LogP contribution in [0.3, 0.4) is 0 Å². The molecule has 0 atom stereocenters. The molecular formula is C17H24N2O5. The Balaban J connectivity index is 0.000000300. The van der Waals surface area contributed by atoms with Crippen LogP contribution in [0, 0.1) is 0 Å². The van der Waals surface area contributed by atoms with Gasteiger partial charge in [-0.3, -0.25) is 0 Å². The molecule has 0 amide bonds. The molecule has 0 unspecified atom stereocenters. The minimum Gasteiger partial charge on any atom is -0.508 e. The third-order valence-electron chi connectivity index (χ3n) is 2.78. The fourth-order valence-electron chi connectivity index (χ4n) is 1.62. The zero-order chi connectivity index (χ0) is 17.8. The molecule has 0 radical (unpaired) electrons. The minimum atomic E-state index is 0.0880. The van der Waals surface area contributed by atoms with Crippen molar-refractivity contribution in [2.24, 2.45) is 0 Å². The maximum atomic E-state index is 8.65. The Kier molecular flexibility index (Phi) is 8.88. The van der Waals surface area contributed by atoms with Crippen LogP contribution < -0.4 is 16.2 Å². The standard InChI is InChI=1S/C11H18N2O3.C6H6O2/c1-14-4-5-15-6-7-16-11-8-9(12)2-3-10(11)13;7-5-2-1-3-6(8)4-5/h2-3,8H,4-7,12-13H2,1H3;1-4,7-8H. The number of nitrogen functional groups attached to an aromatic ring is 2. The summed E-state index contributed by atoms with van der Waals surface area (Å²) in [5.74, 6) is 0.769. The third kappa shape index (κ3) is 8.11. The Labute approximate surface area is 141 Å². The van der Waals surface area contributed by atoms with Gasteiger partial charge in [0.1, 0.15) is 23.9 Å². The second-order valence-corrected chi connectivity index (χ2v) is 4.77. The van der Waals surface area contributed by atoms with Crippen LogP contribution in [0.2, 0.25) is 0 Å². The molecule has 2 rings (SSSR count). The predicted molar refractivity (Wildman–Crippen MR) is 93.2 cm³/mol. The van der Waals surface area contributed by atoms with E-state index >= 15 is 0 Å². The number of rotatable bonds is 7. The molecule has 7 heteroatoms. The second-order valence-electron chi connectivity index (χ2n) is 4.77. The van der Waals surface area contributed by atoms with Gasteiger partial charge in [-0.25, -0.2) is 0 Å². The molecule has 0 fully saturated rings. The van der Waals surface area contributed by atoms with Crippen molar-refractivity contribution in [1.82, 2.24) is 0 Å². The average molecular weight is 336 g/mol. The monoisotopic (exact) mass is 336 g/mol. The van der Waals surface area contributed by atoms with E-state index in [1.54, 1.807) is 31.4 Å². The lowest BCUT2D eigenvalue weighted by atomic mass is 10.2. The highest BCUT2D eigenvalue weighted by Crippen LogP contribution is 2.23. The summed E-state index contributed by atoms with van der Waals surface area (Å²) in [6.07, 6.45) is 0. The van der Waals surface area contributed by atoms with Gasteiger partial charge in [0.15, 0.2) is 0 Å². The molecule has 0 heterocycles. The molecule has 0 saturated carbocycles. The highest BCUT2D eigenvalue weighted by atomic mass is 16.5. The topological polar surface area (TPSA) is 120 Å². The smallest absolute Gasteiger partial charge is 0.144 e. The number of phenols is 2. The molecule has 0 saturated heterocycles. The number of benzene rings is 2. The molecule has 7 nitrogen and oxygen atoms in total. The lowest BCUT2D eigenvalue weighted by Gasteiger charge is -2.09. The van der Waals surface area contributed by atoms with Crippen molar-refractivity contribution in [3.63, 3.8) is 0 Å². The van der Waals surface area contributed by atoms with Crippen LogP contribution in [0.5, 0.6) is 17.2 Å². The summed E-state index contributed by atoms with van der Waals surface area (Å²) >= 11 is 0. The molecule has 2 aromatic carbocycles. The SMILES string of the molecule is COCCOCCOc1cc(N)ccc1N.Oc1cccc(O)c1. The van der Waals surface area contributed by atoms with Crippen molar-refractivity contribution < 1.29 is 24.4 Å². The lowest BCUT2D eigenvalue weighted by molar-refractivity contribution is 0.0545. The zero-order valence-corrected chi connectivity index (χ0v) is 13.6. The number of aromatic hydroxyl groups is 2. The van der Waals surface area contributed by atoms with E-state index in [9.17, 15) is 0 Å². The summed E-state index contributed by atoms with van der Waals surface area (Å²) in [4.78, 5) is 0. The van der Waals surface area contributed by atoms with Gasteiger partial charge in [0.2, 0.25) is 0 Å². The molecule has 0 spiro atoms. The maximum Gasteiger partial charge on any atom is 0.144 e. The first-order valence-corrected chi connectivity index (χ1v) is 7.35. The summed E-state index contributed by atoms with van der Waals surface area (Å²) in [6.45, 7) is 2.08. The molecular weight excluding hydrogens is 312 g/mol. The van der Waals surface area contributed by atoms with Gasteiger partial charge in [0, 0.05) is 24.9 Å². The van der Waals surface area contributed by atoms with Crippen molar-refractivity contribution in [1.29, 1.82) is 0 Å². The van der Waals surface area contributed by atoms with Gasteiger partial charge < -0.3 is 35.9 Å². The number of phenolic OH excluding ortho intramolecular Hbond substituents is 2. The van der Waals surface area contributed by atoms with Crippen molar-refractivity contribution in [2.45, 2.75) is 0 Å². The van der Waals surface area contributed by atoms with Crippen molar-refractivity contribution >= 4 is 11.4 Å². The summed E-state index contributed by atoms with van der Waals surface area (Å²) in [5.41, 5.74) is 12.5. The minimum absolute atomic E-state index is 0.0880. The fourth-order valence-corrected chi connectivity index (χ4v) is 1.62. The summed E-state index contributed by atoms with van der Waals surface area (Å²) in [6, 6.07) is 11.0. The number of methoxy groups -OCH3 is 1. The van der Waals surface area contributed by atoms with Crippen LogP contribution in [0.4, 0.5) is 11.4 Å². The molecule has 132 valence electrons. The van der Waals surface area contributed by atoms with Gasteiger partial charge in [-0.15, -0.1) is 0 Å². The fraction of sp³-hybridized carbons (Fsp3) is 0.294. The number of hydrogen-bond donors (Lipinski definition) is 4. The quantitative estimate of drug-likeness (QED) is 0.451. The van der Waals surface area contributed by atoms with E-state index in [0.29, 0.717) is 43.6 Å². The Hall–Kier alpha value is -2.64. The van der Waals surface area contributed by atoms with E-state index in [1.807, 2.05) is 0 Å². The molecule has 0 aromatic heterocycles. The van der Waals surface area contributed by atoms with Crippen LogP contribution in [0.25, 0.3) is 0 Å². The largest absolute Gasteiger partial charge is 0.508 e. The van der Waals surface area contributed by atoms with Crippen LogP contribution in [-0.2, 0) is 9.47 Å². The second kappa shape index (κ2) is 11.0. The Morgan fingerprint density at radius 2 is 1.54 bits per heavy atom. The van der Waals surface area contributed by atoms with E-state index < -0.39 is 0 Å². The third-order valence-corrected chi connectivity index (χ3v) is 2.78. The van der Waals surface area contributed by atoms with Gasteiger partial charge >= 0.3 is 0 Å². The summed E-state index contributed by atoms with van der Waals surface area (Å²) in [7, 11) is 1.63. The van der Waals surface area contributed by atoms with Crippen LogP contribution in [0.1, 0.15) is 0 Å². The first kappa shape index (κ1) is 19.4. The highest BCUT2D eigenvalue weighted by molar-refractivity contribution is 5.59. The van der Waals surface area contributed by atoms with E-state index in [4.69, 9.17) is 35.9 Å². The predicted octanol–water partition coefficient (Wildman–Crippen LogP) is 1.99. The molecule has 6 N–H and O–H groups in total. The van der Waals surface area contributed by atoms with Crippen LogP contribution in [0.15, 0.2) is 42.5 Å². The number of hydrogen-bond acceptors (Lipinski definition) is 7. The van der Waals surface area contributed by atoms with Gasteiger partial charge in [-0.1, -0.05) is 6.07 Å². The molecule has 0 aliphatic heterocycles. The average Bonchev–Trinajstić information content (AvgIpc) is 2.54. The number of nitrogens with two attached hydrogens (primary N) is 2. The first-order chi connectivity index (χ1) is 11.5. The highest BCUT2D eigenvalue weighted by Gasteiger charge is 2.00. The molecule has 24 heavy (non-hydrogen) atoms. The van der Waals surface area contributed by atoms with E-state index in [-0.39, 0.29) is 11.5 Å². The zero-order valence-electron chi connectivity index (χ0n) is 13.6. The number of anilines is 2. The Morgan fingerprint density at radius 3 is 2.12 bits per heavy atom. The summed E-state index contributed by atoms with van der Waals surface area (Å²) in [5, 5.41) is 17.3. The molecule has 2 aromatic rings. The Morgan fingerprint density at radius 1 is 0.875 bits per heavy atom. The van der Waals surface area contributed by atoms with Crippen LogP contribution in [-0.4, -0.2) is 43.8 Å².